The van der Waals surface area contributed by atoms with E-state index in [4.69, 9.17) is 0 Å². The van der Waals surface area contributed by atoms with Crippen molar-refractivity contribution in [2.24, 2.45) is 0 Å². The highest BCUT2D eigenvalue weighted by Crippen LogP contribution is 1.95. The Bertz CT molecular complexity index is 165. The van der Waals surface area contributed by atoms with Crippen LogP contribution >= 0.6 is 0 Å². The van der Waals surface area contributed by atoms with Gasteiger partial charge in [-0.3, -0.25) is 4.84 Å². The highest BCUT2D eigenvalue weighted by molar-refractivity contribution is 5.27. The normalized spacial score (nSPS) is 9.00. The van der Waals surface area contributed by atoms with Crippen LogP contribution in [0, 0.1) is 0 Å². The Morgan fingerprint density at radius 1 is 1.67 bits per heavy atom. The van der Waals surface area contributed by atoms with Crippen molar-refractivity contribution in [3.05, 3.63) is 18.3 Å². The Kier molecular flexibility index (Phi) is 1.98. The third-order valence-electron chi connectivity index (χ3n) is 0.779. The van der Waals surface area contributed by atoms with Gasteiger partial charge >= 0.3 is 0 Å². The van der Waals surface area contributed by atoms with Gasteiger partial charge < -0.3 is 0 Å². The fourth-order valence-corrected chi connectivity index (χ4v) is 0.461. The molecule has 0 aliphatic heterocycles. The van der Waals surface area contributed by atoms with Crippen molar-refractivity contribution >= 4 is 5.82 Å². The zero-order valence-electron chi connectivity index (χ0n) is 5.03. The van der Waals surface area contributed by atoms with E-state index in [-0.39, 0.29) is 0 Å². The number of nitrogens with one attached hydrogen (secondary N) is 1. The summed E-state index contributed by atoms with van der Waals surface area (Å²) in [5.41, 5.74) is 2.53. The number of hydrogen-bond donors (Lipinski definition) is 1. The van der Waals surface area contributed by atoms with Gasteiger partial charge in [0.25, 0.3) is 0 Å². The Labute approximate surface area is 52.8 Å². The van der Waals surface area contributed by atoms with Gasteiger partial charge in [-0.15, -0.1) is 5.10 Å². The minimum atomic E-state index is 0.611. The monoisotopic (exact) mass is 125 g/mol. The van der Waals surface area contributed by atoms with Crippen LogP contribution in [0.1, 0.15) is 0 Å². The van der Waals surface area contributed by atoms with Crippen LogP contribution in [0.15, 0.2) is 18.3 Å². The molecule has 9 heavy (non-hydrogen) atoms. The van der Waals surface area contributed by atoms with E-state index in [0.29, 0.717) is 5.82 Å². The van der Waals surface area contributed by atoms with Crippen molar-refractivity contribution in [2.45, 2.75) is 0 Å². The van der Waals surface area contributed by atoms with Crippen molar-refractivity contribution in [2.75, 3.05) is 12.6 Å². The quantitative estimate of drug-likeness (QED) is 0.583. The summed E-state index contributed by atoms with van der Waals surface area (Å²) in [6.45, 7) is 0. The first kappa shape index (κ1) is 5.97. The number of nitrogens with zero attached hydrogens (tertiary/aromatic N) is 2. The third kappa shape index (κ3) is 1.65. The Balaban J connectivity index is 2.61. The average Bonchev–Trinajstić information content (AvgIpc) is 1.91. The number of aromatic nitrogens is 2. The first-order chi connectivity index (χ1) is 4.43. The summed E-state index contributed by atoms with van der Waals surface area (Å²) >= 11 is 0. The minimum absolute atomic E-state index is 0.611. The highest BCUT2D eigenvalue weighted by atomic mass is 16.6. The molecule has 4 heteroatoms. The molecule has 1 aromatic heterocycles. The predicted octanol–water partition coefficient (Wildman–Crippen LogP) is 0.450. The van der Waals surface area contributed by atoms with E-state index in [2.05, 4.69) is 20.5 Å². The lowest BCUT2D eigenvalue weighted by Gasteiger charge is -1.96. The number of rotatable bonds is 2. The molecule has 0 aliphatic rings. The predicted molar refractivity (Wildman–Crippen MR) is 32.7 cm³/mol. The summed E-state index contributed by atoms with van der Waals surface area (Å²) in [6, 6.07) is 3.53. The van der Waals surface area contributed by atoms with E-state index in [9.17, 15) is 0 Å². The van der Waals surface area contributed by atoms with Crippen molar-refractivity contribution in [3.8, 4) is 0 Å². The molecule has 4 nitrogen and oxygen atoms in total. The molecule has 1 N–H and O–H groups in total. The van der Waals surface area contributed by atoms with Gasteiger partial charge in [-0.05, 0) is 12.1 Å². The number of hydrogen-bond acceptors (Lipinski definition) is 4. The molecule has 0 fully saturated rings. The average molecular weight is 125 g/mol. The summed E-state index contributed by atoms with van der Waals surface area (Å²) in [5, 5.41) is 7.29. The SMILES string of the molecule is CONc1cccnn1. The molecule has 48 valence electrons. The largest absolute Gasteiger partial charge is 0.278 e. The molecule has 0 saturated heterocycles. The second kappa shape index (κ2) is 2.99. The zero-order chi connectivity index (χ0) is 6.53. The molecule has 0 bridgehead atoms. The van der Waals surface area contributed by atoms with Crippen LogP contribution in [0.3, 0.4) is 0 Å². The second-order valence-electron chi connectivity index (χ2n) is 1.42. The molecular formula is C5H7N3O. The molecule has 1 rings (SSSR count). The Morgan fingerprint density at radius 2 is 2.56 bits per heavy atom. The summed E-state index contributed by atoms with van der Waals surface area (Å²) in [5.74, 6) is 0.611. The van der Waals surface area contributed by atoms with Crippen molar-refractivity contribution in [1.82, 2.24) is 10.2 Å². The maximum atomic E-state index is 4.58. The van der Waals surface area contributed by atoms with Gasteiger partial charge in [0, 0.05) is 6.20 Å². The molecule has 0 amide bonds. The van der Waals surface area contributed by atoms with E-state index in [0.717, 1.165) is 0 Å². The van der Waals surface area contributed by atoms with Gasteiger partial charge in [0.2, 0.25) is 0 Å². The molecule has 0 radical (unpaired) electrons. The molecular weight excluding hydrogens is 118 g/mol. The van der Waals surface area contributed by atoms with E-state index in [1.54, 1.807) is 18.3 Å². The lowest BCUT2D eigenvalue weighted by Crippen LogP contribution is -1.97. The molecule has 0 spiro atoms. The summed E-state index contributed by atoms with van der Waals surface area (Å²) in [7, 11) is 1.52. The van der Waals surface area contributed by atoms with Gasteiger partial charge in [-0.25, -0.2) is 5.48 Å². The summed E-state index contributed by atoms with van der Waals surface area (Å²) in [4.78, 5) is 4.58. The Hall–Kier alpha value is -1.16. The minimum Gasteiger partial charge on any atom is -0.278 e. The van der Waals surface area contributed by atoms with Crippen LogP contribution < -0.4 is 5.48 Å². The van der Waals surface area contributed by atoms with Crippen molar-refractivity contribution in [3.63, 3.8) is 0 Å². The van der Waals surface area contributed by atoms with Gasteiger partial charge in [-0.2, -0.15) is 5.10 Å². The maximum absolute atomic E-state index is 4.58. The zero-order valence-corrected chi connectivity index (χ0v) is 5.03. The lowest BCUT2D eigenvalue weighted by molar-refractivity contribution is 0.268. The van der Waals surface area contributed by atoms with E-state index < -0.39 is 0 Å². The van der Waals surface area contributed by atoms with Crippen molar-refractivity contribution < 1.29 is 4.84 Å². The first-order valence-electron chi connectivity index (χ1n) is 2.50. The molecule has 1 heterocycles. The van der Waals surface area contributed by atoms with E-state index >= 15 is 0 Å². The molecule has 0 atom stereocenters. The van der Waals surface area contributed by atoms with E-state index in [1.165, 1.54) is 7.11 Å². The van der Waals surface area contributed by atoms with Crippen LogP contribution in [0.4, 0.5) is 5.82 Å². The first-order valence-corrected chi connectivity index (χ1v) is 2.50. The standard InChI is InChI=1S/C5H7N3O/c1-9-8-5-3-2-4-6-7-5/h2-4H,1H3,(H,7,8). The van der Waals surface area contributed by atoms with Crippen LogP contribution in [0.2, 0.25) is 0 Å². The Morgan fingerprint density at radius 3 is 3.11 bits per heavy atom. The maximum Gasteiger partial charge on any atom is 0.172 e. The lowest BCUT2D eigenvalue weighted by atomic mass is 10.5. The van der Waals surface area contributed by atoms with Crippen LogP contribution in [0.25, 0.3) is 0 Å². The van der Waals surface area contributed by atoms with E-state index in [1.807, 2.05) is 0 Å². The molecule has 0 saturated carbocycles. The van der Waals surface area contributed by atoms with Crippen LogP contribution in [-0.4, -0.2) is 17.3 Å². The van der Waals surface area contributed by atoms with Gasteiger partial charge in [0.15, 0.2) is 5.82 Å². The van der Waals surface area contributed by atoms with Crippen molar-refractivity contribution in [1.29, 1.82) is 0 Å². The smallest absolute Gasteiger partial charge is 0.172 e. The van der Waals surface area contributed by atoms with Crippen LogP contribution in [0.5, 0.6) is 0 Å². The van der Waals surface area contributed by atoms with Gasteiger partial charge in [0.05, 0.1) is 7.11 Å². The molecule has 0 aliphatic carbocycles. The third-order valence-corrected chi connectivity index (χ3v) is 0.779. The summed E-state index contributed by atoms with van der Waals surface area (Å²) < 4.78 is 0. The highest BCUT2D eigenvalue weighted by Gasteiger charge is 1.85. The van der Waals surface area contributed by atoms with Crippen LogP contribution in [-0.2, 0) is 4.84 Å². The second-order valence-corrected chi connectivity index (χ2v) is 1.42. The summed E-state index contributed by atoms with van der Waals surface area (Å²) in [6.07, 6.45) is 1.60. The molecule has 0 unspecified atom stereocenters. The fourth-order valence-electron chi connectivity index (χ4n) is 0.461. The molecule has 1 aromatic rings. The molecule has 0 aromatic carbocycles. The number of anilines is 1. The van der Waals surface area contributed by atoms with Gasteiger partial charge in [0.1, 0.15) is 0 Å². The fraction of sp³-hybridized carbons (Fsp3) is 0.200. The van der Waals surface area contributed by atoms with Gasteiger partial charge in [-0.1, -0.05) is 0 Å². The topological polar surface area (TPSA) is 47.0 Å².